The van der Waals surface area contributed by atoms with Crippen LogP contribution in [0.25, 0.3) is 15.6 Å². The number of aryl methyl sites for hydroxylation is 1. The molecule has 46 heavy (non-hydrogen) atoms. The summed E-state index contributed by atoms with van der Waals surface area (Å²) in [6.45, 7) is 13.0. The fraction of sp³-hybridized carbons (Fsp3) is 0.389. The standard InChI is InChI=1S/C36H40N6O4/c1-25-10-8-13-27-14-9-15-29(33(25)27)32-20-31-30(24-45-32)34(39-35(38-31)44-19-18-40(3)4)41-16-17-42(28(22-41)21-37-2)36(43)46-23-26-11-6-5-7-12-26/h5-15,28,32H,16-24H2,1,3-4H3/t28-,32?/m0/s1. The number of hydrogen-bond donors (Lipinski definition) is 0. The number of anilines is 1. The highest BCUT2D eigenvalue weighted by molar-refractivity contribution is 5.89. The first-order valence-corrected chi connectivity index (χ1v) is 15.7. The van der Waals surface area contributed by atoms with Crippen LogP contribution >= 0.6 is 0 Å². The van der Waals surface area contributed by atoms with Crippen LogP contribution in [0.2, 0.25) is 0 Å². The van der Waals surface area contributed by atoms with Crippen molar-refractivity contribution in [2.24, 2.45) is 0 Å². The smallest absolute Gasteiger partial charge is 0.410 e. The summed E-state index contributed by atoms with van der Waals surface area (Å²) in [5.74, 6) is 0.740. The van der Waals surface area contributed by atoms with Gasteiger partial charge < -0.3 is 28.9 Å². The van der Waals surface area contributed by atoms with Gasteiger partial charge in [0.25, 0.3) is 0 Å². The molecule has 2 atom stereocenters. The highest BCUT2D eigenvalue weighted by Crippen LogP contribution is 2.38. The van der Waals surface area contributed by atoms with E-state index in [0.29, 0.717) is 45.3 Å². The number of fused-ring (bicyclic) bond motifs is 2. The molecule has 10 nitrogen and oxygen atoms in total. The van der Waals surface area contributed by atoms with Gasteiger partial charge in [-0.3, -0.25) is 4.90 Å². The van der Waals surface area contributed by atoms with Gasteiger partial charge >= 0.3 is 12.1 Å². The second kappa shape index (κ2) is 14.1. The van der Waals surface area contributed by atoms with Gasteiger partial charge in [-0.25, -0.2) is 11.4 Å². The number of aromatic nitrogens is 2. The number of benzene rings is 3. The summed E-state index contributed by atoms with van der Waals surface area (Å²) < 4.78 is 18.3. The van der Waals surface area contributed by atoms with Gasteiger partial charge in [-0.1, -0.05) is 66.7 Å². The predicted octanol–water partition coefficient (Wildman–Crippen LogP) is 5.44. The Bertz CT molecular complexity index is 1720. The summed E-state index contributed by atoms with van der Waals surface area (Å²) in [7, 11) is 4.00. The van der Waals surface area contributed by atoms with E-state index in [-0.39, 0.29) is 25.3 Å². The zero-order chi connectivity index (χ0) is 32.0. The molecule has 6 rings (SSSR count). The van der Waals surface area contributed by atoms with Crippen molar-refractivity contribution in [1.82, 2.24) is 19.8 Å². The topological polar surface area (TPSA) is 84.6 Å². The van der Waals surface area contributed by atoms with Crippen LogP contribution in [0.15, 0.2) is 66.7 Å². The van der Waals surface area contributed by atoms with Crippen molar-refractivity contribution in [3.05, 3.63) is 106 Å². The third-order valence-electron chi connectivity index (χ3n) is 8.64. The minimum Gasteiger partial charge on any atom is -0.462 e. The second-order valence-electron chi connectivity index (χ2n) is 12.1. The third-order valence-corrected chi connectivity index (χ3v) is 8.64. The van der Waals surface area contributed by atoms with Crippen LogP contribution in [-0.4, -0.2) is 85.3 Å². The van der Waals surface area contributed by atoms with Crippen LogP contribution < -0.4 is 9.64 Å². The largest absolute Gasteiger partial charge is 0.462 e. The molecular weight excluding hydrogens is 580 g/mol. The van der Waals surface area contributed by atoms with E-state index in [9.17, 15) is 4.79 Å². The molecule has 1 saturated heterocycles. The maximum atomic E-state index is 13.2. The number of piperazine rings is 1. The summed E-state index contributed by atoms with van der Waals surface area (Å²) in [5, 5.41) is 2.40. The van der Waals surface area contributed by atoms with Crippen LogP contribution in [0.3, 0.4) is 0 Å². The molecule has 238 valence electrons. The third kappa shape index (κ3) is 6.91. The van der Waals surface area contributed by atoms with E-state index in [1.165, 1.54) is 16.3 Å². The van der Waals surface area contributed by atoms with Crippen LogP contribution in [0.5, 0.6) is 6.01 Å². The summed E-state index contributed by atoms with van der Waals surface area (Å²) in [6.07, 6.45) is 0.00600. The molecule has 4 aromatic rings. The molecule has 2 aliphatic rings. The Morgan fingerprint density at radius 3 is 2.65 bits per heavy atom. The van der Waals surface area contributed by atoms with E-state index in [4.69, 9.17) is 30.8 Å². The van der Waals surface area contributed by atoms with Crippen molar-refractivity contribution in [3.8, 4) is 6.01 Å². The Hall–Kier alpha value is -4.72. The van der Waals surface area contributed by atoms with Crippen molar-refractivity contribution < 1.29 is 19.0 Å². The van der Waals surface area contributed by atoms with E-state index >= 15 is 0 Å². The quantitative estimate of drug-likeness (QED) is 0.229. The van der Waals surface area contributed by atoms with E-state index in [1.807, 2.05) is 44.4 Å². The van der Waals surface area contributed by atoms with Crippen molar-refractivity contribution in [3.63, 3.8) is 0 Å². The first kappa shape index (κ1) is 31.3. The average molecular weight is 621 g/mol. The highest BCUT2D eigenvalue weighted by Gasteiger charge is 2.37. The van der Waals surface area contributed by atoms with E-state index in [0.717, 1.165) is 34.7 Å². The first-order valence-electron chi connectivity index (χ1n) is 15.7. The predicted molar refractivity (Wildman–Crippen MR) is 177 cm³/mol. The number of rotatable bonds is 9. The highest BCUT2D eigenvalue weighted by atomic mass is 16.6. The average Bonchev–Trinajstić information content (AvgIpc) is 3.07. The number of ether oxygens (including phenoxy) is 3. The number of likely N-dealkylation sites (N-methyl/N-ethyl adjacent to an activating group) is 1. The lowest BCUT2D eigenvalue weighted by molar-refractivity contribution is 0.0264. The number of amides is 1. The van der Waals surface area contributed by atoms with Crippen molar-refractivity contribution in [1.29, 1.82) is 0 Å². The molecule has 0 radical (unpaired) electrons. The molecule has 1 amide bonds. The van der Waals surface area contributed by atoms with Gasteiger partial charge in [0.05, 0.1) is 18.4 Å². The second-order valence-corrected chi connectivity index (χ2v) is 12.1. The molecule has 0 spiro atoms. The summed E-state index contributed by atoms with van der Waals surface area (Å²) >= 11 is 0. The van der Waals surface area contributed by atoms with Crippen LogP contribution in [0, 0.1) is 13.5 Å². The first-order chi connectivity index (χ1) is 22.4. The van der Waals surface area contributed by atoms with E-state index in [1.54, 1.807) is 4.90 Å². The van der Waals surface area contributed by atoms with Gasteiger partial charge in [0.2, 0.25) is 6.54 Å². The Morgan fingerprint density at radius 2 is 1.87 bits per heavy atom. The zero-order valence-corrected chi connectivity index (χ0v) is 26.7. The summed E-state index contributed by atoms with van der Waals surface area (Å²) in [4.78, 5) is 32.5. The van der Waals surface area contributed by atoms with Crippen LogP contribution in [0.4, 0.5) is 10.6 Å². The molecule has 1 fully saturated rings. The van der Waals surface area contributed by atoms with E-state index < -0.39 is 6.09 Å². The molecule has 1 unspecified atom stereocenters. The van der Waals surface area contributed by atoms with Gasteiger partial charge in [-0.05, 0) is 48.5 Å². The Kier molecular flexibility index (Phi) is 9.62. The number of carbonyl (C=O) groups excluding carboxylic acids is 1. The lowest BCUT2D eigenvalue weighted by atomic mass is 9.92. The Morgan fingerprint density at radius 1 is 1.07 bits per heavy atom. The van der Waals surface area contributed by atoms with Crippen molar-refractivity contribution in [2.75, 3.05) is 58.3 Å². The van der Waals surface area contributed by atoms with Crippen LogP contribution in [0.1, 0.15) is 34.1 Å². The zero-order valence-electron chi connectivity index (χ0n) is 26.7. The molecule has 0 saturated carbocycles. The molecule has 3 heterocycles. The van der Waals surface area contributed by atoms with Gasteiger partial charge in [-0.2, -0.15) is 9.97 Å². The van der Waals surface area contributed by atoms with Gasteiger partial charge in [-0.15, -0.1) is 0 Å². The molecule has 2 aliphatic heterocycles. The van der Waals surface area contributed by atoms with Gasteiger partial charge in [0.15, 0.2) is 0 Å². The normalized spacial score (nSPS) is 17.9. The minimum atomic E-state index is -0.411. The monoisotopic (exact) mass is 620 g/mol. The van der Waals surface area contributed by atoms with E-state index in [2.05, 4.69) is 58.0 Å². The molecule has 0 aliphatic carbocycles. The lowest BCUT2D eigenvalue weighted by Gasteiger charge is -2.40. The summed E-state index contributed by atoms with van der Waals surface area (Å²) in [6, 6.07) is 22.3. The SMILES string of the molecule is [C-]#[N+]C[C@H]1CN(c2nc(OCCN(C)C)nc3c2COC(c2cccc4cccc(C)c24)C3)CCN1C(=O)OCc1ccccc1. The molecular formula is C36H40N6O4. The fourth-order valence-corrected chi connectivity index (χ4v) is 6.26. The molecule has 0 N–H and O–H groups in total. The van der Waals surface area contributed by atoms with Crippen molar-refractivity contribution >= 4 is 22.7 Å². The summed E-state index contributed by atoms with van der Waals surface area (Å²) in [5.41, 5.74) is 5.11. The molecule has 10 heteroatoms. The van der Waals surface area contributed by atoms with Crippen LogP contribution in [-0.2, 0) is 29.1 Å². The maximum absolute atomic E-state index is 13.2. The molecule has 0 bridgehead atoms. The number of hydrogen-bond acceptors (Lipinski definition) is 8. The van der Waals surface area contributed by atoms with Gasteiger partial charge in [0.1, 0.15) is 25.1 Å². The van der Waals surface area contributed by atoms with Gasteiger partial charge in [0, 0.05) is 38.2 Å². The molecule has 1 aromatic heterocycles. The minimum absolute atomic E-state index is 0.162. The Balaban J connectivity index is 1.26. The maximum Gasteiger partial charge on any atom is 0.410 e. The number of nitrogens with zero attached hydrogens (tertiary/aromatic N) is 6. The van der Waals surface area contributed by atoms with Crippen molar-refractivity contribution in [2.45, 2.75) is 38.7 Å². The fourth-order valence-electron chi connectivity index (χ4n) is 6.26. The lowest BCUT2D eigenvalue weighted by Crippen LogP contribution is -2.57. The molecule has 3 aromatic carbocycles. The number of carbonyl (C=O) groups is 1. The Labute approximate surface area is 270 Å².